The van der Waals surface area contributed by atoms with E-state index in [0.717, 1.165) is 115 Å². The highest BCUT2D eigenvalue weighted by molar-refractivity contribution is 7.47. The van der Waals surface area contributed by atoms with Crippen molar-refractivity contribution < 1.29 is 80.2 Å². The van der Waals surface area contributed by atoms with Crippen molar-refractivity contribution >= 4 is 39.5 Å². The number of phosphoric ester groups is 2. The number of carbonyl (C=O) groups is 4. The van der Waals surface area contributed by atoms with Crippen molar-refractivity contribution in [3.05, 3.63) is 0 Å². The highest BCUT2D eigenvalue weighted by Gasteiger charge is 2.30. The molecule has 75 heavy (non-hydrogen) atoms. The fourth-order valence-electron chi connectivity index (χ4n) is 8.08. The van der Waals surface area contributed by atoms with Crippen LogP contribution in [0.15, 0.2) is 0 Å². The van der Waals surface area contributed by atoms with Crippen molar-refractivity contribution in [1.82, 2.24) is 0 Å². The molecule has 0 saturated heterocycles. The first kappa shape index (κ1) is 73.1. The summed E-state index contributed by atoms with van der Waals surface area (Å²) in [7, 11) is -9.85. The fourth-order valence-corrected chi connectivity index (χ4v) is 9.66. The summed E-state index contributed by atoms with van der Waals surface area (Å²) in [6.45, 7) is 9.21. The lowest BCUT2D eigenvalue weighted by atomic mass is 10.00. The standard InChI is InChI=1S/C56H108O17P2/c1-7-10-12-24-32-38-53(58)66-44-51(72-55(60)40-34-25-13-11-8-2)46-70-74(62,63)68-42-50(57)43-69-75(64,65)71-47-52(45-67-54(59)39-33-28-23-22-27-31-37-49(6)9-3)73-56(61)41-35-29-21-19-17-15-14-16-18-20-26-30-36-48(4)5/h48-52,57H,7-47H2,1-6H3,(H,62,63)(H,64,65)/t49?,50-,51+,52+/m0/s1. The van der Waals surface area contributed by atoms with Gasteiger partial charge >= 0.3 is 39.5 Å². The lowest BCUT2D eigenvalue weighted by Crippen LogP contribution is -2.30. The first-order chi connectivity index (χ1) is 35.9. The SMILES string of the molecule is CCCCCCCC(=O)OC[C@H](COP(=O)(O)OC[C@H](O)COP(=O)(O)OC[C@@H](COC(=O)CCCCCCCCC(C)CC)OC(=O)CCCCCCCCCCCCCCC(C)C)OC(=O)CCCCCCC. The molecule has 0 spiro atoms. The number of phosphoric acid groups is 2. The molecule has 3 unspecified atom stereocenters. The van der Waals surface area contributed by atoms with Crippen LogP contribution in [0.1, 0.15) is 266 Å². The Morgan fingerprint density at radius 3 is 1.01 bits per heavy atom. The topological polar surface area (TPSA) is 237 Å². The van der Waals surface area contributed by atoms with Gasteiger partial charge in [0.05, 0.1) is 26.4 Å². The van der Waals surface area contributed by atoms with E-state index >= 15 is 0 Å². The summed E-state index contributed by atoms with van der Waals surface area (Å²) < 4.78 is 67.2. The molecule has 0 aromatic rings. The summed E-state index contributed by atoms with van der Waals surface area (Å²) in [5, 5.41) is 10.4. The Labute approximate surface area is 454 Å². The number of esters is 4. The maximum Gasteiger partial charge on any atom is 0.472 e. The summed E-state index contributed by atoms with van der Waals surface area (Å²) in [5.74, 6) is -0.661. The smallest absolute Gasteiger partial charge is 0.462 e. The van der Waals surface area contributed by atoms with E-state index in [-0.39, 0.29) is 25.7 Å². The third-order valence-corrected chi connectivity index (χ3v) is 15.0. The minimum absolute atomic E-state index is 0.0983. The van der Waals surface area contributed by atoms with Crippen LogP contribution in [0, 0.1) is 11.8 Å². The van der Waals surface area contributed by atoms with Crippen LogP contribution in [0.3, 0.4) is 0 Å². The average molecular weight is 1120 g/mol. The molecule has 0 heterocycles. The van der Waals surface area contributed by atoms with Crippen LogP contribution in [-0.4, -0.2) is 96.7 Å². The van der Waals surface area contributed by atoms with Crippen molar-refractivity contribution in [2.24, 2.45) is 11.8 Å². The van der Waals surface area contributed by atoms with Crippen molar-refractivity contribution in [2.75, 3.05) is 39.6 Å². The monoisotopic (exact) mass is 1110 g/mol. The second-order valence-electron chi connectivity index (χ2n) is 21.0. The van der Waals surface area contributed by atoms with Crippen molar-refractivity contribution in [3.8, 4) is 0 Å². The molecular weight excluding hydrogens is 1010 g/mol. The van der Waals surface area contributed by atoms with Gasteiger partial charge < -0.3 is 33.8 Å². The number of hydrogen-bond donors (Lipinski definition) is 3. The van der Waals surface area contributed by atoms with Crippen LogP contribution in [0.2, 0.25) is 0 Å². The van der Waals surface area contributed by atoms with Crippen LogP contribution in [0.4, 0.5) is 0 Å². The zero-order valence-electron chi connectivity index (χ0n) is 47.8. The molecule has 0 aromatic carbocycles. The van der Waals surface area contributed by atoms with E-state index in [0.29, 0.717) is 25.7 Å². The van der Waals surface area contributed by atoms with Gasteiger partial charge in [0.1, 0.15) is 19.3 Å². The zero-order chi connectivity index (χ0) is 55.8. The normalized spacial score (nSPS) is 14.9. The van der Waals surface area contributed by atoms with Gasteiger partial charge in [-0.25, -0.2) is 9.13 Å². The van der Waals surface area contributed by atoms with Crippen LogP contribution in [0.25, 0.3) is 0 Å². The van der Waals surface area contributed by atoms with Gasteiger partial charge in [-0.15, -0.1) is 0 Å². The molecule has 0 aliphatic carbocycles. The molecule has 6 atom stereocenters. The molecule has 0 radical (unpaired) electrons. The van der Waals surface area contributed by atoms with Gasteiger partial charge in [-0.05, 0) is 37.5 Å². The molecule has 0 aliphatic heterocycles. The van der Waals surface area contributed by atoms with E-state index in [4.69, 9.17) is 37.0 Å². The number of carbonyl (C=O) groups excluding carboxylic acids is 4. The Balaban J connectivity index is 5.13. The van der Waals surface area contributed by atoms with E-state index in [2.05, 4.69) is 41.5 Å². The second-order valence-corrected chi connectivity index (χ2v) is 23.9. The second kappa shape index (κ2) is 49.1. The zero-order valence-corrected chi connectivity index (χ0v) is 49.6. The molecule has 0 aromatic heterocycles. The van der Waals surface area contributed by atoms with Crippen LogP contribution in [0.5, 0.6) is 0 Å². The summed E-state index contributed by atoms with van der Waals surface area (Å²) in [6.07, 6.45) is 28.8. The van der Waals surface area contributed by atoms with Gasteiger partial charge in [0.15, 0.2) is 12.2 Å². The Kier molecular flexibility index (Phi) is 47.9. The highest BCUT2D eigenvalue weighted by Crippen LogP contribution is 2.45. The molecule has 0 bridgehead atoms. The minimum atomic E-state index is -4.93. The third-order valence-electron chi connectivity index (χ3n) is 13.1. The summed E-state index contributed by atoms with van der Waals surface area (Å²) in [5.41, 5.74) is 0. The summed E-state index contributed by atoms with van der Waals surface area (Å²) in [6, 6.07) is 0. The molecule has 3 N–H and O–H groups in total. The molecule has 17 nitrogen and oxygen atoms in total. The molecule has 444 valence electrons. The highest BCUT2D eigenvalue weighted by atomic mass is 31.2. The van der Waals surface area contributed by atoms with Gasteiger partial charge in [-0.1, -0.05) is 215 Å². The van der Waals surface area contributed by atoms with Gasteiger partial charge in [0, 0.05) is 25.7 Å². The molecular formula is C56H108O17P2. The first-order valence-corrected chi connectivity index (χ1v) is 32.5. The average Bonchev–Trinajstić information content (AvgIpc) is 3.37. The molecule has 19 heteroatoms. The number of hydrogen-bond acceptors (Lipinski definition) is 15. The Morgan fingerprint density at radius 2 is 0.680 bits per heavy atom. The third kappa shape index (κ3) is 50.1. The Hall–Kier alpha value is -1.94. The van der Waals surface area contributed by atoms with E-state index in [1.54, 1.807) is 0 Å². The number of aliphatic hydroxyl groups is 1. The van der Waals surface area contributed by atoms with E-state index in [9.17, 15) is 43.2 Å². The lowest BCUT2D eigenvalue weighted by molar-refractivity contribution is -0.161. The summed E-state index contributed by atoms with van der Waals surface area (Å²) in [4.78, 5) is 71.3. The van der Waals surface area contributed by atoms with Crippen molar-refractivity contribution in [1.29, 1.82) is 0 Å². The van der Waals surface area contributed by atoms with E-state index in [1.807, 2.05) is 0 Å². The number of rotatable bonds is 55. The van der Waals surface area contributed by atoms with Crippen molar-refractivity contribution in [2.45, 2.75) is 285 Å². The molecule has 0 saturated carbocycles. The molecule has 0 aliphatic rings. The number of ether oxygens (including phenoxy) is 4. The quantitative estimate of drug-likeness (QED) is 0.0222. The first-order valence-electron chi connectivity index (χ1n) is 29.5. The van der Waals surface area contributed by atoms with Gasteiger partial charge in [0.2, 0.25) is 0 Å². The molecule has 0 amide bonds. The number of unbranched alkanes of at least 4 members (excludes halogenated alkanes) is 24. The molecule has 0 rings (SSSR count). The van der Waals surface area contributed by atoms with E-state index in [1.165, 1.54) is 70.6 Å². The minimum Gasteiger partial charge on any atom is -0.462 e. The Morgan fingerprint density at radius 1 is 0.387 bits per heavy atom. The van der Waals surface area contributed by atoms with Crippen LogP contribution in [-0.2, 0) is 65.4 Å². The van der Waals surface area contributed by atoms with Gasteiger partial charge in [0.25, 0.3) is 0 Å². The maximum absolute atomic E-state index is 12.9. The maximum atomic E-state index is 12.9. The van der Waals surface area contributed by atoms with Gasteiger partial charge in [-0.2, -0.15) is 0 Å². The van der Waals surface area contributed by atoms with Crippen LogP contribution < -0.4 is 0 Å². The van der Waals surface area contributed by atoms with Crippen molar-refractivity contribution in [3.63, 3.8) is 0 Å². The summed E-state index contributed by atoms with van der Waals surface area (Å²) >= 11 is 0. The van der Waals surface area contributed by atoms with E-state index < -0.39 is 97.5 Å². The lowest BCUT2D eigenvalue weighted by Gasteiger charge is -2.21. The fraction of sp³-hybridized carbons (Fsp3) is 0.929. The van der Waals surface area contributed by atoms with Gasteiger partial charge in [-0.3, -0.25) is 37.3 Å². The predicted molar refractivity (Wildman–Crippen MR) is 294 cm³/mol. The number of aliphatic hydroxyl groups excluding tert-OH is 1. The predicted octanol–water partition coefficient (Wildman–Crippen LogP) is 14.5. The Bertz CT molecular complexity index is 1500. The molecule has 0 fully saturated rings. The largest absolute Gasteiger partial charge is 0.472 e. The van der Waals surface area contributed by atoms with Crippen LogP contribution >= 0.6 is 15.6 Å².